The van der Waals surface area contributed by atoms with Crippen molar-refractivity contribution in [3.63, 3.8) is 0 Å². The molecule has 7 nitrogen and oxygen atoms in total. The molecular formula is C23H24ClN5O2. The zero-order valence-corrected chi connectivity index (χ0v) is 17.9. The van der Waals surface area contributed by atoms with Gasteiger partial charge >= 0.3 is 0 Å². The number of pyridine rings is 1. The van der Waals surface area contributed by atoms with Crippen molar-refractivity contribution in [1.29, 1.82) is 0 Å². The minimum atomic E-state index is 0.0389. The summed E-state index contributed by atoms with van der Waals surface area (Å²) in [6.45, 7) is 2.68. The molecule has 1 saturated heterocycles. The maximum Gasteiger partial charge on any atom is 0.222 e. The Morgan fingerprint density at radius 3 is 2.48 bits per heavy atom. The van der Waals surface area contributed by atoms with Crippen molar-refractivity contribution >= 4 is 23.3 Å². The van der Waals surface area contributed by atoms with Gasteiger partial charge in [-0.3, -0.25) is 9.78 Å². The van der Waals surface area contributed by atoms with Crippen LogP contribution in [-0.4, -0.2) is 63.7 Å². The zero-order valence-electron chi connectivity index (χ0n) is 17.1. The first-order valence-electron chi connectivity index (χ1n) is 10.3. The third kappa shape index (κ3) is 5.18. The number of carbonyl (C=O) groups excluding carboxylic acids is 1. The fourth-order valence-corrected chi connectivity index (χ4v) is 3.69. The third-order valence-corrected chi connectivity index (χ3v) is 5.53. The van der Waals surface area contributed by atoms with Gasteiger partial charge in [0, 0.05) is 73.8 Å². The molecule has 0 unspecified atom stereocenters. The molecule has 1 aliphatic rings. The summed E-state index contributed by atoms with van der Waals surface area (Å²) in [6.07, 6.45) is 4.36. The first kappa shape index (κ1) is 21.2. The lowest BCUT2D eigenvalue weighted by Crippen LogP contribution is -2.49. The number of aromatic nitrogens is 3. The first-order chi connectivity index (χ1) is 15.1. The minimum Gasteiger partial charge on any atom is -0.396 e. The van der Waals surface area contributed by atoms with Gasteiger partial charge in [-0.2, -0.15) is 0 Å². The smallest absolute Gasteiger partial charge is 0.222 e. The number of hydrogen-bond donors (Lipinski definition) is 1. The van der Waals surface area contributed by atoms with Crippen LogP contribution in [0.3, 0.4) is 0 Å². The summed E-state index contributed by atoms with van der Waals surface area (Å²) in [6, 6.07) is 13.4. The van der Waals surface area contributed by atoms with Crippen LogP contribution in [0.1, 0.15) is 12.8 Å². The number of anilines is 1. The molecule has 4 rings (SSSR count). The van der Waals surface area contributed by atoms with Gasteiger partial charge in [-0.15, -0.1) is 0 Å². The molecule has 8 heteroatoms. The van der Waals surface area contributed by atoms with E-state index in [1.807, 2.05) is 47.4 Å². The monoisotopic (exact) mass is 437 g/mol. The Kier molecular flexibility index (Phi) is 6.74. The van der Waals surface area contributed by atoms with Gasteiger partial charge in [0.1, 0.15) is 5.82 Å². The van der Waals surface area contributed by atoms with Crippen LogP contribution >= 0.6 is 11.6 Å². The molecule has 3 heterocycles. The number of aliphatic hydroxyl groups is 1. The number of amides is 1. The molecule has 1 N–H and O–H groups in total. The summed E-state index contributed by atoms with van der Waals surface area (Å²) in [7, 11) is 0. The van der Waals surface area contributed by atoms with E-state index in [2.05, 4.69) is 9.88 Å². The predicted molar refractivity (Wildman–Crippen MR) is 121 cm³/mol. The summed E-state index contributed by atoms with van der Waals surface area (Å²) >= 11 is 6.05. The van der Waals surface area contributed by atoms with E-state index in [1.165, 1.54) is 0 Å². The van der Waals surface area contributed by atoms with Gasteiger partial charge in [0.05, 0.1) is 5.69 Å². The Labute approximate surface area is 186 Å². The average molecular weight is 438 g/mol. The van der Waals surface area contributed by atoms with Crippen LogP contribution in [-0.2, 0) is 4.79 Å². The second-order valence-corrected chi connectivity index (χ2v) is 7.82. The van der Waals surface area contributed by atoms with Crippen molar-refractivity contribution in [3.8, 4) is 22.6 Å². The van der Waals surface area contributed by atoms with Gasteiger partial charge in [-0.05, 0) is 30.7 Å². The van der Waals surface area contributed by atoms with Crippen LogP contribution < -0.4 is 4.90 Å². The van der Waals surface area contributed by atoms with Crippen LogP contribution in [0.15, 0.2) is 54.9 Å². The van der Waals surface area contributed by atoms with Gasteiger partial charge in [0.25, 0.3) is 0 Å². The zero-order chi connectivity index (χ0) is 21.6. The Bertz CT molecular complexity index is 1020. The van der Waals surface area contributed by atoms with Crippen LogP contribution in [0, 0.1) is 0 Å². The first-order valence-corrected chi connectivity index (χ1v) is 10.7. The lowest BCUT2D eigenvalue weighted by Gasteiger charge is -2.35. The Morgan fingerprint density at radius 2 is 1.81 bits per heavy atom. The van der Waals surface area contributed by atoms with Crippen LogP contribution in [0.4, 0.5) is 5.82 Å². The van der Waals surface area contributed by atoms with Gasteiger partial charge in [0.2, 0.25) is 5.91 Å². The third-order valence-electron chi connectivity index (χ3n) is 5.28. The van der Waals surface area contributed by atoms with Crippen molar-refractivity contribution in [3.05, 3.63) is 59.9 Å². The molecule has 0 spiro atoms. The van der Waals surface area contributed by atoms with E-state index in [0.29, 0.717) is 49.9 Å². The molecule has 1 aliphatic heterocycles. The quantitative estimate of drug-likeness (QED) is 0.637. The van der Waals surface area contributed by atoms with Crippen molar-refractivity contribution in [2.75, 3.05) is 37.7 Å². The Hall–Kier alpha value is -3.03. The van der Waals surface area contributed by atoms with Gasteiger partial charge in [-0.1, -0.05) is 23.7 Å². The van der Waals surface area contributed by atoms with Crippen LogP contribution in [0.2, 0.25) is 5.02 Å². The number of aliphatic hydroxyl groups excluding tert-OH is 1. The highest BCUT2D eigenvalue weighted by molar-refractivity contribution is 6.30. The highest BCUT2D eigenvalue weighted by Gasteiger charge is 2.22. The SMILES string of the molecule is O=C(CCCO)N1CCN(c2cc(-c3ccc(Cl)cc3)nc(-c3cccnc3)n2)CC1. The average Bonchev–Trinajstić information content (AvgIpc) is 2.83. The molecule has 0 saturated carbocycles. The molecular weight excluding hydrogens is 414 g/mol. The van der Waals surface area contributed by atoms with E-state index in [0.717, 1.165) is 22.6 Å². The van der Waals surface area contributed by atoms with E-state index in [-0.39, 0.29) is 12.5 Å². The molecule has 0 aliphatic carbocycles. The molecule has 31 heavy (non-hydrogen) atoms. The summed E-state index contributed by atoms with van der Waals surface area (Å²) < 4.78 is 0. The molecule has 160 valence electrons. The molecule has 0 bridgehead atoms. The molecule has 0 atom stereocenters. The van der Waals surface area contributed by atoms with Crippen LogP contribution in [0.25, 0.3) is 22.6 Å². The second-order valence-electron chi connectivity index (χ2n) is 7.38. The van der Waals surface area contributed by atoms with Crippen molar-refractivity contribution < 1.29 is 9.90 Å². The van der Waals surface area contributed by atoms with E-state index in [1.54, 1.807) is 12.4 Å². The minimum absolute atomic E-state index is 0.0389. The van der Waals surface area contributed by atoms with Gasteiger partial charge in [0.15, 0.2) is 5.82 Å². The lowest BCUT2D eigenvalue weighted by molar-refractivity contribution is -0.131. The number of rotatable bonds is 6. The van der Waals surface area contributed by atoms with Gasteiger partial charge in [-0.25, -0.2) is 9.97 Å². The predicted octanol–water partition coefficient (Wildman–Crippen LogP) is 3.28. The molecule has 3 aromatic rings. The topological polar surface area (TPSA) is 82.5 Å². The number of hydrogen-bond acceptors (Lipinski definition) is 6. The number of benzene rings is 1. The fraction of sp³-hybridized carbons (Fsp3) is 0.304. The fourth-order valence-electron chi connectivity index (χ4n) is 3.56. The number of carbonyl (C=O) groups is 1. The van der Waals surface area contributed by atoms with Gasteiger partial charge < -0.3 is 14.9 Å². The van der Waals surface area contributed by atoms with E-state index < -0.39 is 0 Å². The normalized spacial score (nSPS) is 14.0. The maximum atomic E-state index is 12.3. The molecule has 0 radical (unpaired) electrons. The van der Waals surface area contributed by atoms with Crippen molar-refractivity contribution in [2.45, 2.75) is 12.8 Å². The summed E-state index contributed by atoms with van der Waals surface area (Å²) in [5.41, 5.74) is 2.61. The molecule has 1 fully saturated rings. The maximum absolute atomic E-state index is 12.3. The number of piperazine rings is 1. The van der Waals surface area contributed by atoms with E-state index >= 15 is 0 Å². The largest absolute Gasteiger partial charge is 0.396 e. The molecule has 1 amide bonds. The van der Waals surface area contributed by atoms with E-state index in [9.17, 15) is 4.79 Å². The molecule has 2 aromatic heterocycles. The second kappa shape index (κ2) is 9.85. The summed E-state index contributed by atoms with van der Waals surface area (Å²) in [4.78, 5) is 30.1. The summed E-state index contributed by atoms with van der Waals surface area (Å²) in [5, 5.41) is 9.63. The van der Waals surface area contributed by atoms with Crippen molar-refractivity contribution in [1.82, 2.24) is 19.9 Å². The molecule has 1 aromatic carbocycles. The van der Waals surface area contributed by atoms with E-state index in [4.69, 9.17) is 26.7 Å². The highest BCUT2D eigenvalue weighted by atomic mass is 35.5. The number of nitrogens with zero attached hydrogens (tertiary/aromatic N) is 5. The lowest BCUT2D eigenvalue weighted by atomic mass is 10.1. The standard InChI is InChI=1S/C23H24ClN5O2/c24-19-7-5-17(6-8-19)20-15-21(27-23(26-20)18-3-1-9-25-16-18)28-10-12-29(13-11-28)22(31)4-2-14-30/h1,3,5-9,15-16,30H,2,4,10-14H2. The Morgan fingerprint density at radius 1 is 1.03 bits per heavy atom. The summed E-state index contributed by atoms with van der Waals surface area (Å²) in [5.74, 6) is 1.52. The van der Waals surface area contributed by atoms with Crippen molar-refractivity contribution in [2.24, 2.45) is 0 Å². The number of halogens is 1. The highest BCUT2D eigenvalue weighted by Crippen LogP contribution is 2.27. The van der Waals surface area contributed by atoms with Crippen LogP contribution in [0.5, 0.6) is 0 Å². The Balaban J connectivity index is 1.61.